The molecule has 1 aromatic carbocycles. The van der Waals surface area contributed by atoms with Crippen LogP contribution in [-0.2, 0) is 0 Å². The minimum atomic E-state index is -0.255. The van der Waals surface area contributed by atoms with Crippen LogP contribution in [-0.4, -0.2) is 45.6 Å². The topological polar surface area (TPSA) is 64.2 Å². The summed E-state index contributed by atoms with van der Waals surface area (Å²) in [5.74, 6) is -0.249. The van der Waals surface area contributed by atoms with Gasteiger partial charge in [-0.1, -0.05) is 12.1 Å². The van der Waals surface area contributed by atoms with Gasteiger partial charge in [-0.2, -0.15) is 0 Å². The Morgan fingerprint density at radius 1 is 1.03 bits per heavy atom. The molecule has 1 aliphatic rings. The van der Waals surface area contributed by atoms with Crippen LogP contribution in [0.2, 0.25) is 0 Å². The van der Waals surface area contributed by atoms with Gasteiger partial charge in [0.1, 0.15) is 5.82 Å². The van der Waals surface area contributed by atoms with Gasteiger partial charge >= 0.3 is 0 Å². The minimum Gasteiger partial charge on any atom is -0.344 e. The predicted octanol–water partition coefficient (Wildman–Crippen LogP) is 4.27. The molecule has 0 spiro atoms. The maximum absolute atomic E-state index is 13.4. The molecule has 150 valence electrons. The zero-order valence-corrected chi connectivity index (χ0v) is 16.1. The van der Waals surface area contributed by atoms with Crippen LogP contribution in [0.5, 0.6) is 0 Å². The summed E-state index contributed by atoms with van der Waals surface area (Å²) >= 11 is 0. The molecular formula is C22H23FN4O2. The number of aromatic nitrogens is 2. The fourth-order valence-electron chi connectivity index (χ4n) is 4.07. The molecule has 0 atom stereocenters. The first kappa shape index (κ1) is 19.3. The number of rotatable bonds is 6. The van der Waals surface area contributed by atoms with Crippen LogP contribution in [0.3, 0.4) is 0 Å². The van der Waals surface area contributed by atoms with Gasteiger partial charge in [-0.15, -0.1) is 0 Å². The molecule has 0 N–H and O–H groups in total. The summed E-state index contributed by atoms with van der Waals surface area (Å²) in [6, 6.07) is 13.0. The maximum Gasteiger partial charge on any atom is 0.216 e. The van der Waals surface area contributed by atoms with E-state index in [9.17, 15) is 14.5 Å². The van der Waals surface area contributed by atoms with Crippen molar-refractivity contribution in [2.24, 2.45) is 0 Å². The Bertz CT molecular complexity index is 964. The number of likely N-dealkylation sites (tertiary alicyclic amines) is 1. The van der Waals surface area contributed by atoms with Crippen molar-refractivity contribution in [1.82, 2.24) is 14.5 Å². The lowest BCUT2D eigenvalue weighted by molar-refractivity contribution is -0.480. The van der Waals surface area contributed by atoms with Crippen LogP contribution >= 0.6 is 0 Å². The van der Waals surface area contributed by atoms with Gasteiger partial charge in [0.15, 0.2) is 0 Å². The largest absolute Gasteiger partial charge is 0.344 e. The molecule has 0 saturated carbocycles. The number of piperidine rings is 1. The Morgan fingerprint density at radius 2 is 1.72 bits per heavy atom. The lowest BCUT2D eigenvalue weighted by Gasteiger charge is -2.33. The van der Waals surface area contributed by atoms with Gasteiger partial charge in [0.05, 0.1) is 12.2 Å². The maximum atomic E-state index is 13.4. The molecular weight excluding hydrogens is 371 g/mol. The van der Waals surface area contributed by atoms with E-state index in [1.807, 2.05) is 12.1 Å². The number of nitrogens with zero attached hydrogens (tertiary/aromatic N) is 4. The second kappa shape index (κ2) is 8.53. The second-order valence-corrected chi connectivity index (χ2v) is 7.36. The summed E-state index contributed by atoms with van der Waals surface area (Å²) in [5, 5.41) is 10.6. The summed E-state index contributed by atoms with van der Waals surface area (Å²) in [6.07, 6.45) is 7.54. The third-order valence-electron chi connectivity index (χ3n) is 5.57. The average Bonchev–Trinajstić information content (AvgIpc) is 3.19. The fourth-order valence-corrected chi connectivity index (χ4v) is 4.07. The van der Waals surface area contributed by atoms with Crippen LogP contribution < -0.4 is 0 Å². The van der Waals surface area contributed by atoms with Gasteiger partial charge in [0, 0.05) is 53.8 Å². The molecule has 29 heavy (non-hydrogen) atoms. The van der Waals surface area contributed by atoms with E-state index >= 15 is 0 Å². The van der Waals surface area contributed by atoms with Gasteiger partial charge in [-0.3, -0.25) is 20.0 Å². The number of nitro groups is 1. The number of hydrogen-bond acceptors (Lipinski definition) is 4. The first-order valence-corrected chi connectivity index (χ1v) is 9.83. The normalized spacial score (nSPS) is 15.5. The van der Waals surface area contributed by atoms with Crippen molar-refractivity contribution in [1.29, 1.82) is 0 Å². The third kappa shape index (κ3) is 4.35. The highest BCUT2D eigenvalue weighted by Gasteiger charge is 2.24. The van der Waals surface area contributed by atoms with Crippen LogP contribution in [0.4, 0.5) is 4.39 Å². The Hall–Kier alpha value is -3.06. The number of halogens is 1. The van der Waals surface area contributed by atoms with Crippen molar-refractivity contribution in [3.63, 3.8) is 0 Å². The summed E-state index contributed by atoms with van der Waals surface area (Å²) < 4.78 is 15.7. The standard InChI is InChI=1S/C22H23FN4O2/c23-19-3-1-17(2-4-19)21-9-14-26(22(21)18-5-10-24-11-6-18)20-7-12-25(13-8-20)15-16-27(28)29/h1-6,9-11,14,20H,7-8,12-13,15-16H2. The molecule has 0 unspecified atom stereocenters. The molecule has 0 amide bonds. The molecule has 0 aliphatic carbocycles. The molecule has 4 rings (SSSR count). The average molecular weight is 394 g/mol. The van der Waals surface area contributed by atoms with Gasteiger partial charge < -0.3 is 4.57 Å². The molecule has 3 aromatic rings. The zero-order chi connectivity index (χ0) is 20.2. The predicted molar refractivity (Wildman–Crippen MR) is 110 cm³/mol. The van der Waals surface area contributed by atoms with Crippen molar-refractivity contribution < 1.29 is 9.31 Å². The Morgan fingerprint density at radius 3 is 2.38 bits per heavy atom. The van der Waals surface area contributed by atoms with Crippen molar-refractivity contribution in [3.8, 4) is 22.4 Å². The van der Waals surface area contributed by atoms with E-state index in [-0.39, 0.29) is 17.3 Å². The molecule has 1 aliphatic heterocycles. The molecule has 6 nitrogen and oxygen atoms in total. The van der Waals surface area contributed by atoms with E-state index in [2.05, 4.69) is 26.7 Å². The molecule has 3 heterocycles. The van der Waals surface area contributed by atoms with Gasteiger partial charge in [-0.05, 0) is 48.7 Å². The van der Waals surface area contributed by atoms with Crippen LogP contribution in [0.15, 0.2) is 61.1 Å². The Balaban J connectivity index is 1.63. The summed E-state index contributed by atoms with van der Waals surface area (Å²) in [4.78, 5) is 16.7. The SMILES string of the molecule is O=[N+]([O-])CCN1CCC(n2ccc(-c3ccc(F)cc3)c2-c2ccncc2)CC1. The molecule has 2 aromatic heterocycles. The van der Waals surface area contributed by atoms with Gasteiger partial charge in [0.25, 0.3) is 0 Å². The monoisotopic (exact) mass is 394 g/mol. The number of pyridine rings is 1. The Labute approximate surface area is 168 Å². The van der Waals surface area contributed by atoms with E-state index in [1.54, 1.807) is 24.5 Å². The third-order valence-corrected chi connectivity index (χ3v) is 5.57. The van der Waals surface area contributed by atoms with E-state index in [1.165, 1.54) is 12.1 Å². The molecule has 7 heteroatoms. The Kier molecular flexibility index (Phi) is 5.67. The highest BCUT2D eigenvalue weighted by Crippen LogP contribution is 2.37. The van der Waals surface area contributed by atoms with Crippen molar-refractivity contribution >= 4 is 0 Å². The highest BCUT2D eigenvalue weighted by molar-refractivity contribution is 5.81. The quantitative estimate of drug-likeness (QED) is 0.463. The van der Waals surface area contributed by atoms with Crippen LogP contribution in [0.25, 0.3) is 22.4 Å². The highest BCUT2D eigenvalue weighted by atomic mass is 19.1. The zero-order valence-electron chi connectivity index (χ0n) is 16.1. The van der Waals surface area contributed by atoms with E-state index in [4.69, 9.17) is 0 Å². The second-order valence-electron chi connectivity index (χ2n) is 7.36. The van der Waals surface area contributed by atoms with Crippen molar-refractivity contribution in [2.45, 2.75) is 18.9 Å². The number of hydrogen-bond donors (Lipinski definition) is 0. The first-order valence-electron chi connectivity index (χ1n) is 9.83. The lowest BCUT2D eigenvalue weighted by Crippen LogP contribution is -2.37. The van der Waals surface area contributed by atoms with Crippen molar-refractivity contribution in [2.75, 3.05) is 26.2 Å². The number of benzene rings is 1. The first-order chi connectivity index (χ1) is 14.1. The van der Waals surface area contributed by atoms with Crippen LogP contribution in [0, 0.1) is 15.9 Å². The van der Waals surface area contributed by atoms with Gasteiger partial charge in [-0.25, -0.2) is 4.39 Å². The van der Waals surface area contributed by atoms with E-state index in [0.29, 0.717) is 12.6 Å². The van der Waals surface area contributed by atoms with Crippen molar-refractivity contribution in [3.05, 3.63) is 77.0 Å². The summed E-state index contributed by atoms with van der Waals surface area (Å²) in [7, 11) is 0. The molecule has 1 fully saturated rings. The van der Waals surface area contributed by atoms with E-state index < -0.39 is 0 Å². The smallest absolute Gasteiger partial charge is 0.216 e. The molecule has 0 radical (unpaired) electrons. The van der Waals surface area contributed by atoms with E-state index in [0.717, 1.165) is 48.3 Å². The van der Waals surface area contributed by atoms with Crippen LogP contribution in [0.1, 0.15) is 18.9 Å². The van der Waals surface area contributed by atoms with Gasteiger partial charge in [0.2, 0.25) is 6.54 Å². The molecule has 0 bridgehead atoms. The summed E-state index contributed by atoms with van der Waals surface area (Å²) in [6.45, 7) is 2.19. The minimum absolute atomic E-state index is 0.00876. The fraction of sp³-hybridized carbons (Fsp3) is 0.318. The lowest BCUT2D eigenvalue weighted by atomic mass is 10.00. The summed E-state index contributed by atoms with van der Waals surface area (Å²) in [5.41, 5.74) is 4.20. The molecule has 1 saturated heterocycles.